The van der Waals surface area contributed by atoms with Crippen LogP contribution < -0.4 is 10.1 Å². The van der Waals surface area contributed by atoms with Crippen LogP contribution in [0.2, 0.25) is 0 Å². The minimum atomic E-state index is -2.91. The highest BCUT2D eigenvalue weighted by Gasteiger charge is 2.06. The van der Waals surface area contributed by atoms with Crippen LogP contribution in [0.5, 0.6) is 5.75 Å². The molecule has 0 spiro atoms. The van der Waals surface area contributed by atoms with Crippen LogP contribution >= 0.6 is 0 Å². The van der Waals surface area contributed by atoms with Crippen LogP contribution in [0.1, 0.15) is 11.1 Å². The molecule has 0 radical (unpaired) electrons. The number of rotatable bonds is 8. The van der Waals surface area contributed by atoms with Crippen LogP contribution in [0.3, 0.4) is 0 Å². The molecule has 0 aromatic heterocycles. The highest BCUT2D eigenvalue weighted by Crippen LogP contribution is 2.15. The molecule has 0 fully saturated rings. The predicted octanol–water partition coefficient (Wildman–Crippen LogP) is 3.30. The van der Waals surface area contributed by atoms with E-state index in [1.807, 2.05) is 0 Å². The van der Waals surface area contributed by atoms with Crippen molar-refractivity contribution in [1.82, 2.24) is 5.32 Å². The summed E-state index contributed by atoms with van der Waals surface area (Å²) in [5, 5.41) is 2.53. The van der Waals surface area contributed by atoms with Gasteiger partial charge in [0.25, 0.3) is 5.91 Å². The maximum atomic E-state index is 12.8. The van der Waals surface area contributed by atoms with Crippen LogP contribution in [0, 0.1) is 5.82 Å². The molecule has 0 bridgehead atoms. The summed E-state index contributed by atoms with van der Waals surface area (Å²) in [4.78, 5) is 23.2. The first kappa shape index (κ1) is 20.0. The van der Waals surface area contributed by atoms with E-state index in [1.54, 1.807) is 0 Å². The smallest absolute Gasteiger partial charge is 0.387 e. The van der Waals surface area contributed by atoms with E-state index >= 15 is 0 Å². The lowest BCUT2D eigenvalue weighted by Gasteiger charge is -2.05. The van der Waals surface area contributed by atoms with Crippen molar-refractivity contribution < 1.29 is 32.2 Å². The van der Waals surface area contributed by atoms with Gasteiger partial charge >= 0.3 is 12.6 Å². The summed E-state index contributed by atoms with van der Waals surface area (Å²) in [7, 11) is 0. The number of esters is 1. The maximum absolute atomic E-state index is 12.8. The Balaban J connectivity index is 1.72. The van der Waals surface area contributed by atoms with Crippen molar-refractivity contribution in [3.05, 3.63) is 71.6 Å². The average Bonchev–Trinajstić information content (AvgIpc) is 2.65. The molecule has 0 saturated heterocycles. The molecule has 0 aliphatic heterocycles. The molecule has 1 amide bonds. The maximum Gasteiger partial charge on any atom is 0.387 e. The van der Waals surface area contributed by atoms with Gasteiger partial charge < -0.3 is 14.8 Å². The van der Waals surface area contributed by atoms with Crippen LogP contribution in [-0.2, 0) is 20.9 Å². The standard InChI is InChI=1S/C19H16F3NO4/c20-15-6-1-14(2-7-15)11-23-17(24)12-26-18(25)10-5-13-3-8-16(9-4-13)27-19(21)22/h1-10,19H,11-12H2,(H,23,24)/b10-5+. The normalized spacial score (nSPS) is 10.8. The van der Waals surface area contributed by atoms with Crippen molar-refractivity contribution in [2.24, 2.45) is 0 Å². The van der Waals surface area contributed by atoms with E-state index in [4.69, 9.17) is 4.74 Å². The number of nitrogens with one attached hydrogen (secondary N) is 1. The molecule has 0 unspecified atom stereocenters. The SMILES string of the molecule is O=C(COC(=O)/C=C/c1ccc(OC(F)F)cc1)NCc1ccc(F)cc1. The zero-order chi connectivity index (χ0) is 19.6. The molecular weight excluding hydrogens is 363 g/mol. The van der Waals surface area contributed by atoms with Crippen molar-refractivity contribution in [1.29, 1.82) is 0 Å². The van der Waals surface area contributed by atoms with Gasteiger partial charge in [0.2, 0.25) is 0 Å². The van der Waals surface area contributed by atoms with E-state index in [-0.39, 0.29) is 18.1 Å². The van der Waals surface area contributed by atoms with Crippen LogP contribution in [0.25, 0.3) is 6.08 Å². The van der Waals surface area contributed by atoms with E-state index in [9.17, 15) is 22.8 Å². The minimum Gasteiger partial charge on any atom is -0.452 e. The lowest BCUT2D eigenvalue weighted by molar-refractivity contribution is -0.143. The zero-order valence-electron chi connectivity index (χ0n) is 14.0. The van der Waals surface area contributed by atoms with Crippen molar-refractivity contribution in [2.45, 2.75) is 13.2 Å². The van der Waals surface area contributed by atoms with Gasteiger partial charge in [-0.25, -0.2) is 9.18 Å². The van der Waals surface area contributed by atoms with Gasteiger partial charge in [-0.05, 0) is 41.5 Å². The monoisotopic (exact) mass is 379 g/mol. The van der Waals surface area contributed by atoms with E-state index in [0.29, 0.717) is 11.1 Å². The Kier molecular flexibility index (Phi) is 7.42. The third kappa shape index (κ3) is 7.64. The van der Waals surface area contributed by atoms with Gasteiger partial charge in [0, 0.05) is 12.6 Å². The molecule has 0 heterocycles. The number of alkyl halides is 2. The van der Waals surface area contributed by atoms with Gasteiger partial charge in [-0.2, -0.15) is 8.78 Å². The fourth-order valence-corrected chi connectivity index (χ4v) is 1.96. The summed E-state index contributed by atoms with van der Waals surface area (Å²) < 4.78 is 45.9. The molecule has 5 nitrogen and oxygen atoms in total. The third-order valence-electron chi connectivity index (χ3n) is 3.27. The molecule has 2 aromatic rings. The first-order valence-corrected chi connectivity index (χ1v) is 7.83. The van der Waals surface area contributed by atoms with Gasteiger partial charge in [0.05, 0.1) is 0 Å². The Morgan fingerprint density at radius 2 is 1.70 bits per heavy atom. The molecule has 0 atom stereocenters. The van der Waals surface area contributed by atoms with Crippen molar-refractivity contribution in [2.75, 3.05) is 6.61 Å². The summed E-state index contributed by atoms with van der Waals surface area (Å²) in [5.41, 5.74) is 1.27. The number of hydrogen-bond acceptors (Lipinski definition) is 4. The fourth-order valence-electron chi connectivity index (χ4n) is 1.96. The molecule has 0 aliphatic carbocycles. The zero-order valence-corrected chi connectivity index (χ0v) is 14.0. The van der Waals surface area contributed by atoms with Gasteiger partial charge in [-0.3, -0.25) is 4.79 Å². The van der Waals surface area contributed by atoms with Crippen molar-refractivity contribution in [3.63, 3.8) is 0 Å². The van der Waals surface area contributed by atoms with Gasteiger partial charge in [0.1, 0.15) is 11.6 Å². The summed E-state index contributed by atoms with van der Waals surface area (Å²) in [6, 6.07) is 11.2. The topological polar surface area (TPSA) is 64.6 Å². The molecule has 8 heteroatoms. The summed E-state index contributed by atoms with van der Waals surface area (Å²) in [6.07, 6.45) is 2.52. The van der Waals surface area contributed by atoms with Crippen molar-refractivity contribution >= 4 is 18.0 Å². The van der Waals surface area contributed by atoms with Crippen LogP contribution in [0.4, 0.5) is 13.2 Å². The van der Waals surface area contributed by atoms with Crippen LogP contribution in [0.15, 0.2) is 54.6 Å². The third-order valence-corrected chi connectivity index (χ3v) is 3.27. The molecular formula is C19H16F3NO4. The molecule has 27 heavy (non-hydrogen) atoms. The summed E-state index contributed by atoms with van der Waals surface area (Å²) in [5.74, 6) is -1.61. The Bertz CT molecular complexity index is 790. The lowest BCUT2D eigenvalue weighted by Crippen LogP contribution is -2.28. The second kappa shape index (κ2) is 10.0. The quantitative estimate of drug-likeness (QED) is 0.565. The Hall–Kier alpha value is -3.29. The molecule has 1 N–H and O–H groups in total. The highest BCUT2D eigenvalue weighted by molar-refractivity contribution is 5.89. The second-order valence-electron chi connectivity index (χ2n) is 5.29. The second-order valence-corrected chi connectivity index (χ2v) is 5.29. The number of carbonyl (C=O) groups excluding carboxylic acids is 2. The Labute approximate surface area is 153 Å². The average molecular weight is 379 g/mol. The number of hydrogen-bond donors (Lipinski definition) is 1. The van der Waals surface area contributed by atoms with Gasteiger partial charge in [-0.15, -0.1) is 0 Å². The highest BCUT2D eigenvalue weighted by atomic mass is 19.3. The van der Waals surface area contributed by atoms with E-state index in [1.165, 1.54) is 54.6 Å². The number of carbonyl (C=O) groups is 2. The first-order chi connectivity index (χ1) is 12.9. The van der Waals surface area contributed by atoms with Crippen molar-refractivity contribution in [3.8, 4) is 5.75 Å². The van der Waals surface area contributed by atoms with Gasteiger partial charge in [0.15, 0.2) is 6.61 Å². The van der Waals surface area contributed by atoms with Crippen LogP contribution in [-0.4, -0.2) is 25.1 Å². The summed E-state index contributed by atoms with van der Waals surface area (Å²) in [6.45, 7) is -3.19. The minimum absolute atomic E-state index is 0.00236. The lowest BCUT2D eigenvalue weighted by atomic mass is 10.2. The number of halogens is 3. The molecule has 2 rings (SSSR count). The predicted molar refractivity (Wildman–Crippen MR) is 91.3 cm³/mol. The largest absolute Gasteiger partial charge is 0.452 e. The van der Waals surface area contributed by atoms with E-state index in [0.717, 1.165) is 6.08 Å². The van der Waals surface area contributed by atoms with E-state index in [2.05, 4.69) is 10.1 Å². The van der Waals surface area contributed by atoms with E-state index < -0.39 is 25.1 Å². The fraction of sp³-hybridized carbons (Fsp3) is 0.158. The number of ether oxygens (including phenoxy) is 2. The molecule has 0 aliphatic rings. The van der Waals surface area contributed by atoms with Gasteiger partial charge in [-0.1, -0.05) is 24.3 Å². The summed E-state index contributed by atoms with van der Waals surface area (Å²) >= 11 is 0. The molecule has 142 valence electrons. The first-order valence-electron chi connectivity index (χ1n) is 7.83. The Morgan fingerprint density at radius 1 is 1.04 bits per heavy atom. The molecule has 0 saturated carbocycles. The number of benzene rings is 2. The Morgan fingerprint density at radius 3 is 2.33 bits per heavy atom. The molecule has 2 aromatic carbocycles. The number of amides is 1.